The summed E-state index contributed by atoms with van der Waals surface area (Å²) < 4.78 is 26.2. The molecule has 1 heterocycles. The maximum absolute atomic E-state index is 12.0. The molecule has 8 heteroatoms. The van der Waals surface area contributed by atoms with E-state index in [1.54, 1.807) is 0 Å². The van der Waals surface area contributed by atoms with E-state index >= 15 is 0 Å². The van der Waals surface area contributed by atoms with Crippen LogP contribution in [0.15, 0.2) is 9.72 Å². The molecular formula is C11H16N2O4S2. The van der Waals surface area contributed by atoms with Crippen LogP contribution in [-0.2, 0) is 10.0 Å². The highest BCUT2D eigenvalue weighted by Gasteiger charge is 2.25. The number of aromatic nitrogens is 1. The lowest BCUT2D eigenvalue weighted by molar-refractivity contribution is 0.0687. The Morgan fingerprint density at radius 1 is 1.47 bits per heavy atom. The maximum atomic E-state index is 12.0. The van der Waals surface area contributed by atoms with Gasteiger partial charge in [0.1, 0.15) is 0 Å². The number of rotatable bonds is 6. The van der Waals surface area contributed by atoms with Gasteiger partial charge in [0.25, 0.3) is 10.0 Å². The molecule has 1 aliphatic rings. The Hall–Kier alpha value is -0.990. The molecule has 2 rings (SSSR count). The van der Waals surface area contributed by atoms with E-state index in [2.05, 4.69) is 9.71 Å². The van der Waals surface area contributed by atoms with Gasteiger partial charge in [-0.3, -0.25) is 0 Å². The summed E-state index contributed by atoms with van der Waals surface area (Å²) in [5, 5.41) is 8.87. The second-order valence-electron chi connectivity index (χ2n) is 4.63. The average Bonchev–Trinajstić information content (AvgIpc) is 2.99. The molecule has 0 bridgehead atoms. The molecule has 6 nitrogen and oxygen atoms in total. The molecule has 1 aliphatic carbocycles. The van der Waals surface area contributed by atoms with Gasteiger partial charge in [0, 0.05) is 6.54 Å². The number of nitrogens with zero attached hydrogens (tertiary/aromatic N) is 1. The predicted octanol–water partition coefficient (Wildman–Crippen LogP) is 1.70. The summed E-state index contributed by atoms with van der Waals surface area (Å²) in [4.78, 5) is 14.4. The summed E-state index contributed by atoms with van der Waals surface area (Å²) in [6.45, 7) is 0.351. The molecule has 0 spiro atoms. The number of hydrogen-bond donors (Lipinski definition) is 2. The monoisotopic (exact) mass is 304 g/mol. The van der Waals surface area contributed by atoms with Crippen molar-refractivity contribution in [3.05, 3.63) is 11.2 Å². The molecule has 2 N–H and O–H groups in total. The lowest BCUT2D eigenvalue weighted by Gasteiger charge is -2.09. The first-order valence-electron chi connectivity index (χ1n) is 6.17. The highest BCUT2D eigenvalue weighted by Crippen LogP contribution is 2.27. The van der Waals surface area contributed by atoms with Crippen LogP contribution >= 0.6 is 11.3 Å². The van der Waals surface area contributed by atoms with Gasteiger partial charge in [-0.05, 0) is 12.3 Å². The second-order valence-corrected chi connectivity index (χ2v) is 7.45. The zero-order valence-corrected chi connectivity index (χ0v) is 12.0. The Kier molecular flexibility index (Phi) is 4.54. The van der Waals surface area contributed by atoms with Gasteiger partial charge in [-0.15, -0.1) is 11.3 Å². The van der Waals surface area contributed by atoms with Gasteiger partial charge in [0.2, 0.25) is 0 Å². The number of hydrogen-bond acceptors (Lipinski definition) is 5. The molecule has 19 heavy (non-hydrogen) atoms. The van der Waals surface area contributed by atoms with E-state index in [1.807, 2.05) is 0 Å². The van der Waals surface area contributed by atoms with Crippen LogP contribution in [0.4, 0.5) is 0 Å². The van der Waals surface area contributed by atoms with Crippen LogP contribution in [0.25, 0.3) is 0 Å². The molecule has 106 valence electrons. The van der Waals surface area contributed by atoms with Gasteiger partial charge < -0.3 is 5.11 Å². The fourth-order valence-electron chi connectivity index (χ4n) is 2.33. The number of aromatic carboxylic acids is 1. The van der Waals surface area contributed by atoms with Crippen LogP contribution in [0.5, 0.6) is 0 Å². The predicted molar refractivity (Wildman–Crippen MR) is 70.8 cm³/mol. The Morgan fingerprint density at radius 2 is 2.16 bits per heavy atom. The SMILES string of the molecule is O=C(O)c1ncsc1S(=O)(=O)NCCC1CCCC1. The van der Waals surface area contributed by atoms with Crippen molar-refractivity contribution in [1.82, 2.24) is 9.71 Å². The standard InChI is InChI=1S/C11H16N2O4S2/c14-10(15)9-11(18-7-12-9)19(16,17)13-6-5-8-3-1-2-4-8/h7-8,13H,1-6H2,(H,14,15). The lowest BCUT2D eigenvalue weighted by atomic mass is 10.1. The van der Waals surface area contributed by atoms with Crippen molar-refractivity contribution < 1.29 is 18.3 Å². The maximum Gasteiger partial charge on any atom is 0.356 e. The number of carbonyl (C=O) groups is 1. The number of carboxylic acids is 1. The largest absolute Gasteiger partial charge is 0.476 e. The fraction of sp³-hybridized carbons (Fsp3) is 0.636. The molecule has 1 aromatic heterocycles. The first-order chi connectivity index (χ1) is 9.00. The molecule has 0 atom stereocenters. The van der Waals surface area contributed by atoms with E-state index in [0.717, 1.165) is 30.6 Å². The highest BCUT2D eigenvalue weighted by molar-refractivity contribution is 7.91. The normalized spacial score (nSPS) is 16.8. The first-order valence-corrected chi connectivity index (χ1v) is 8.53. The quantitative estimate of drug-likeness (QED) is 0.834. The molecule has 0 aliphatic heterocycles. The topological polar surface area (TPSA) is 96.4 Å². The minimum atomic E-state index is -3.76. The minimum absolute atomic E-state index is 0.216. The van der Waals surface area contributed by atoms with Gasteiger partial charge in [0.05, 0.1) is 5.51 Å². The number of sulfonamides is 1. The van der Waals surface area contributed by atoms with Crippen molar-refractivity contribution in [1.29, 1.82) is 0 Å². The van der Waals surface area contributed by atoms with Gasteiger partial charge in [-0.25, -0.2) is 22.9 Å². The Morgan fingerprint density at radius 3 is 2.79 bits per heavy atom. The molecule has 1 aromatic rings. The molecule has 0 saturated heterocycles. The number of thiazole rings is 1. The summed E-state index contributed by atoms with van der Waals surface area (Å²) in [6.07, 6.45) is 5.55. The van der Waals surface area contributed by atoms with Crippen molar-refractivity contribution in [2.75, 3.05) is 6.54 Å². The van der Waals surface area contributed by atoms with E-state index in [1.165, 1.54) is 18.4 Å². The van der Waals surface area contributed by atoms with Crippen LogP contribution in [-0.4, -0.2) is 31.0 Å². The molecule has 1 saturated carbocycles. The highest BCUT2D eigenvalue weighted by atomic mass is 32.2. The van der Waals surface area contributed by atoms with E-state index in [4.69, 9.17) is 5.11 Å². The average molecular weight is 304 g/mol. The van der Waals surface area contributed by atoms with Crippen LogP contribution in [0, 0.1) is 5.92 Å². The lowest BCUT2D eigenvalue weighted by Crippen LogP contribution is -2.26. The summed E-state index contributed by atoms with van der Waals surface area (Å²) in [7, 11) is -3.76. The second kappa shape index (κ2) is 5.98. The molecule has 1 fully saturated rings. The first kappa shape index (κ1) is 14.4. The van der Waals surface area contributed by atoms with Gasteiger partial charge in [-0.2, -0.15) is 0 Å². The van der Waals surface area contributed by atoms with E-state index in [0.29, 0.717) is 12.5 Å². The van der Waals surface area contributed by atoms with Crippen LogP contribution < -0.4 is 4.72 Å². The van der Waals surface area contributed by atoms with E-state index < -0.39 is 21.7 Å². The van der Waals surface area contributed by atoms with Crippen molar-refractivity contribution in [2.45, 2.75) is 36.3 Å². The van der Waals surface area contributed by atoms with Crippen molar-refractivity contribution >= 4 is 27.3 Å². The summed E-state index contributed by atoms with van der Waals surface area (Å²) >= 11 is 0.825. The number of carboxylic acid groups (broad SMARTS) is 1. The van der Waals surface area contributed by atoms with Gasteiger partial charge in [-0.1, -0.05) is 25.7 Å². The third-order valence-electron chi connectivity index (χ3n) is 3.30. The molecule has 0 unspecified atom stereocenters. The van der Waals surface area contributed by atoms with Crippen molar-refractivity contribution in [3.63, 3.8) is 0 Å². The van der Waals surface area contributed by atoms with Crippen LogP contribution in [0.3, 0.4) is 0 Å². The third-order valence-corrected chi connectivity index (χ3v) is 6.13. The van der Waals surface area contributed by atoms with Crippen LogP contribution in [0.1, 0.15) is 42.6 Å². The molecular weight excluding hydrogens is 288 g/mol. The summed E-state index contributed by atoms with van der Waals surface area (Å²) in [5.41, 5.74) is 0.827. The fourth-order valence-corrected chi connectivity index (χ4v) is 4.56. The van der Waals surface area contributed by atoms with E-state index in [-0.39, 0.29) is 4.21 Å². The van der Waals surface area contributed by atoms with Crippen molar-refractivity contribution in [2.24, 2.45) is 5.92 Å². The van der Waals surface area contributed by atoms with Crippen molar-refractivity contribution in [3.8, 4) is 0 Å². The Bertz CT molecular complexity index is 547. The number of nitrogens with one attached hydrogen (secondary N) is 1. The molecule has 0 aromatic carbocycles. The third kappa shape index (κ3) is 3.52. The zero-order valence-electron chi connectivity index (χ0n) is 10.3. The van der Waals surface area contributed by atoms with Gasteiger partial charge in [0.15, 0.2) is 9.90 Å². The van der Waals surface area contributed by atoms with Gasteiger partial charge >= 0.3 is 5.97 Å². The van der Waals surface area contributed by atoms with Crippen LogP contribution in [0.2, 0.25) is 0 Å². The zero-order chi connectivity index (χ0) is 13.9. The smallest absolute Gasteiger partial charge is 0.356 e. The Labute approximate surface area is 115 Å². The minimum Gasteiger partial charge on any atom is -0.476 e. The summed E-state index contributed by atoms with van der Waals surface area (Å²) in [5.74, 6) is -0.736. The summed E-state index contributed by atoms with van der Waals surface area (Å²) in [6, 6.07) is 0. The molecule has 0 amide bonds. The van der Waals surface area contributed by atoms with E-state index in [9.17, 15) is 13.2 Å². The molecule has 0 radical (unpaired) electrons. The Balaban J connectivity index is 1.97.